The average molecular weight is 376 g/mol. The fraction of sp³-hybridized carbons (Fsp3) is 0.143. The number of anilines is 1. The van der Waals surface area contributed by atoms with Gasteiger partial charge in [-0.2, -0.15) is 0 Å². The third-order valence-corrected chi connectivity index (χ3v) is 5.68. The number of hydrogen-bond acceptors (Lipinski definition) is 5. The topological polar surface area (TPSA) is 89.5 Å². The van der Waals surface area contributed by atoms with Crippen LogP contribution in [0.15, 0.2) is 52.3 Å². The monoisotopic (exact) mass is 375 g/mol. The predicted molar refractivity (Wildman–Crippen MR) is 88.4 cm³/mol. The van der Waals surface area contributed by atoms with Gasteiger partial charge in [0.25, 0.3) is 10.0 Å². The predicted octanol–water partition coefficient (Wildman–Crippen LogP) is 2.55. The molecule has 0 unspecified atom stereocenters. The van der Waals surface area contributed by atoms with Crippen LogP contribution in [0.3, 0.4) is 0 Å². The molecule has 0 bridgehead atoms. The molecular weight excluding hydrogens is 362 g/mol. The molecule has 0 amide bonds. The summed E-state index contributed by atoms with van der Waals surface area (Å²) in [7, 11) is -6.31. The number of nitrogens with one attached hydrogen (secondary N) is 1. The minimum Gasteiger partial charge on any atom is -0.495 e. The fourth-order valence-electron chi connectivity index (χ4n) is 1.86. The van der Waals surface area contributed by atoms with Gasteiger partial charge in [0.2, 0.25) is 0 Å². The molecule has 0 radical (unpaired) electrons. The summed E-state index contributed by atoms with van der Waals surface area (Å²) in [5, 5.41) is 0.363. The molecule has 0 spiro atoms. The molecule has 0 atom stereocenters. The molecule has 6 nitrogen and oxygen atoms in total. The van der Waals surface area contributed by atoms with E-state index in [4.69, 9.17) is 16.3 Å². The summed E-state index contributed by atoms with van der Waals surface area (Å²) in [6.07, 6.45) is 0.996. The molecule has 124 valence electrons. The number of sulfone groups is 1. The van der Waals surface area contributed by atoms with Crippen LogP contribution in [0.2, 0.25) is 5.02 Å². The average Bonchev–Trinajstić information content (AvgIpc) is 2.45. The zero-order chi connectivity index (χ0) is 17.3. The summed E-state index contributed by atoms with van der Waals surface area (Å²) < 4.78 is 55.7. The third-order valence-electron chi connectivity index (χ3n) is 2.93. The smallest absolute Gasteiger partial charge is 0.265 e. The Morgan fingerprint density at radius 3 is 2.30 bits per heavy atom. The van der Waals surface area contributed by atoms with Gasteiger partial charge < -0.3 is 4.74 Å². The maximum atomic E-state index is 12.5. The van der Waals surface area contributed by atoms with Crippen molar-refractivity contribution in [3.05, 3.63) is 47.5 Å². The van der Waals surface area contributed by atoms with Crippen molar-refractivity contribution in [3.63, 3.8) is 0 Å². The van der Waals surface area contributed by atoms with E-state index in [0.717, 1.165) is 12.3 Å². The molecule has 0 aliphatic heterocycles. The van der Waals surface area contributed by atoms with Crippen molar-refractivity contribution in [3.8, 4) is 5.75 Å². The van der Waals surface area contributed by atoms with Crippen LogP contribution in [0.4, 0.5) is 5.69 Å². The highest BCUT2D eigenvalue weighted by atomic mass is 35.5. The lowest BCUT2D eigenvalue weighted by atomic mass is 10.3. The summed E-state index contributed by atoms with van der Waals surface area (Å²) >= 11 is 5.82. The Morgan fingerprint density at radius 1 is 1.04 bits per heavy atom. The van der Waals surface area contributed by atoms with Gasteiger partial charge in [0.1, 0.15) is 10.6 Å². The Balaban J connectivity index is 2.54. The number of sulfonamides is 1. The van der Waals surface area contributed by atoms with E-state index in [1.54, 1.807) is 12.1 Å². The molecule has 1 N–H and O–H groups in total. The highest BCUT2D eigenvalue weighted by Gasteiger charge is 2.22. The number of methoxy groups -OCH3 is 1. The van der Waals surface area contributed by atoms with Gasteiger partial charge in [-0.25, -0.2) is 16.8 Å². The lowest BCUT2D eigenvalue weighted by Gasteiger charge is -2.13. The summed E-state index contributed by atoms with van der Waals surface area (Å²) in [4.78, 5) is -0.396. The summed E-state index contributed by atoms with van der Waals surface area (Å²) in [5.74, 6) is 0.0342. The molecule has 0 aromatic heterocycles. The quantitative estimate of drug-likeness (QED) is 0.867. The molecule has 0 aliphatic carbocycles. The number of ether oxygens (including phenoxy) is 1. The lowest BCUT2D eigenvalue weighted by molar-refractivity contribution is 0.402. The number of hydrogen-bond donors (Lipinski definition) is 1. The highest BCUT2D eigenvalue weighted by Crippen LogP contribution is 2.29. The second-order valence-electron chi connectivity index (χ2n) is 4.70. The highest BCUT2D eigenvalue weighted by molar-refractivity contribution is 7.93. The maximum Gasteiger partial charge on any atom is 0.265 e. The van der Waals surface area contributed by atoms with Crippen LogP contribution in [-0.4, -0.2) is 30.2 Å². The van der Waals surface area contributed by atoms with Crippen molar-refractivity contribution < 1.29 is 21.6 Å². The second kappa shape index (κ2) is 6.38. The van der Waals surface area contributed by atoms with Gasteiger partial charge >= 0.3 is 0 Å². The van der Waals surface area contributed by atoms with Crippen LogP contribution < -0.4 is 9.46 Å². The molecular formula is C14H14ClNO5S2. The Labute approximate surface area is 140 Å². The molecule has 2 rings (SSSR count). The van der Waals surface area contributed by atoms with E-state index in [1.165, 1.54) is 31.4 Å². The molecule has 0 aliphatic rings. The van der Waals surface area contributed by atoms with Gasteiger partial charge in [-0.05, 0) is 36.4 Å². The van der Waals surface area contributed by atoms with Crippen LogP contribution >= 0.6 is 11.6 Å². The van der Waals surface area contributed by atoms with Gasteiger partial charge in [-0.1, -0.05) is 17.7 Å². The van der Waals surface area contributed by atoms with E-state index in [9.17, 15) is 16.8 Å². The summed E-state index contributed by atoms with van der Waals surface area (Å²) in [5.41, 5.74) is 0.254. The standard InChI is InChI=1S/C14H14ClNO5S2/c1-21-13-7-6-12(22(2,17)18)9-14(13)23(19,20)16-11-5-3-4-10(15)8-11/h3-9,16H,1-2H3. The van der Waals surface area contributed by atoms with Crippen LogP contribution in [0.1, 0.15) is 0 Å². The van der Waals surface area contributed by atoms with Gasteiger partial charge in [0.05, 0.1) is 17.7 Å². The van der Waals surface area contributed by atoms with Gasteiger partial charge in [-0.15, -0.1) is 0 Å². The first-order valence-electron chi connectivity index (χ1n) is 6.30. The minimum absolute atomic E-state index is 0.0342. The van der Waals surface area contributed by atoms with Crippen LogP contribution in [0.5, 0.6) is 5.75 Å². The van der Waals surface area contributed by atoms with E-state index < -0.39 is 19.9 Å². The van der Waals surface area contributed by atoms with E-state index in [-0.39, 0.29) is 21.2 Å². The molecule has 23 heavy (non-hydrogen) atoms. The maximum absolute atomic E-state index is 12.5. The Morgan fingerprint density at radius 2 is 1.74 bits per heavy atom. The van der Waals surface area contributed by atoms with Crippen LogP contribution in [-0.2, 0) is 19.9 Å². The van der Waals surface area contributed by atoms with Crippen molar-refractivity contribution in [2.75, 3.05) is 18.1 Å². The zero-order valence-corrected chi connectivity index (χ0v) is 14.7. The van der Waals surface area contributed by atoms with Crippen LogP contribution in [0.25, 0.3) is 0 Å². The Hall–Kier alpha value is -1.77. The van der Waals surface area contributed by atoms with Gasteiger partial charge in [-0.3, -0.25) is 4.72 Å². The van der Waals surface area contributed by atoms with E-state index in [0.29, 0.717) is 5.02 Å². The molecule has 2 aromatic rings. The van der Waals surface area contributed by atoms with Crippen molar-refractivity contribution in [1.29, 1.82) is 0 Å². The normalized spacial score (nSPS) is 12.0. The van der Waals surface area contributed by atoms with Crippen molar-refractivity contribution >= 4 is 37.1 Å². The molecule has 0 saturated carbocycles. The lowest BCUT2D eigenvalue weighted by Crippen LogP contribution is -2.15. The number of halogens is 1. The minimum atomic E-state index is -4.05. The fourth-order valence-corrected chi connectivity index (χ4v) is 4.02. The largest absolute Gasteiger partial charge is 0.495 e. The van der Waals surface area contributed by atoms with E-state index >= 15 is 0 Å². The molecule has 9 heteroatoms. The second-order valence-corrected chi connectivity index (χ2v) is 8.80. The first-order chi connectivity index (χ1) is 10.6. The number of benzene rings is 2. The van der Waals surface area contributed by atoms with Crippen molar-refractivity contribution in [2.45, 2.75) is 9.79 Å². The third kappa shape index (κ3) is 4.15. The van der Waals surface area contributed by atoms with Crippen molar-refractivity contribution in [2.24, 2.45) is 0 Å². The summed E-state index contributed by atoms with van der Waals surface area (Å²) in [6, 6.07) is 9.79. The van der Waals surface area contributed by atoms with E-state index in [1.807, 2.05) is 0 Å². The Kier molecular flexibility index (Phi) is 4.88. The first kappa shape index (κ1) is 17.6. The molecule has 2 aromatic carbocycles. The summed E-state index contributed by atoms with van der Waals surface area (Å²) in [6.45, 7) is 0. The number of rotatable bonds is 5. The Bertz CT molecular complexity index is 939. The SMILES string of the molecule is COc1ccc(S(C)(=O)=O)cc1S(=O)(=O)Nc1cccc(Cl)c1. The van der Waals surface area contributed by atoms with Crippen LogP contribution in [0, 0.1) is 0 Å². The van der Waals surface area contributed by atoms with Gasteiger partial charge in [0, 0.05) is 11.3 Å². The molecule has 0 saturated heterocycles. The van der Waals surface area contributed by atoms with Gasteiger partial charge in [0.15, 0.2) is 9.84 Å². The molecule has 0 heterocycles. The zero-order valence-electron chi connectivity index (χ0n) is 12.3. The van der Waals surface area contributed by atoms with E-state index in [2.05, 4.69) is 4.72 Å². The molecule has 0 fully saturated rings. The van der Waals surface area contributed by atoms with Crippen molar-refractivity contribution in [1.82, 2.24) is 0 Å². The first-order valence-corrected chi connectivity index (χ1v) is 10.1.